The van der Waals surface area contributed by atoms with Gasteiger partial charge in [-0.05, 0) is 36.2 Å². The van der Waals surface area contributed by atoms with Crippen LogP contribution in [0.5, 0.6) is 0 Å². The van der Waals surface area contributed by atoms with Crippen LogP contribution < -0.4 is 5.32 Å². The van der Waals surface area contributed by atoms with Gasteiger partial charge in [-0.1, -0.05) is 27.7 Å². The van der Waals surface area contributed by atoms with E-state index >= 15 is 0 Å². The van der Waals surface area contributed by atoms with Crippen molar-refractivity contribution in [1.29, 1.82) is 0 Å². The summed E-state index contributed by atoms with van der Waals surface area (Å²) in [5.41, 5.74) is 5.15. The van der Waals surface area contributed by atoms with Crippen LogP contribution in [0.2, 0.25) is 0 Å². The molecule has 3 heteroatoms. The van der Waals surface area contributed by atoms with E-state index in [9.17, 15) is 0 Å². The summed E-state index contributed by atoms with van der Waals surface area (Å²) in [5.74, 6) is 1.55. The minimum Gasteiger partial charge on any atom is -0.342 e. The van der Waals surface area contributed by atoms with Crippen molar-refractivity contribution in [3.8, 4) is 0 Å². The SMILES string of the molecule is CC.CC(C)c1nc2cc3c(cc2[nH]1)CNCC3.[HH]. The van der Waals surface area contributed by atoms with Crippen LogP contribution >= 0.6 is 0 Å². The average Bonchev–Trinajstić information content (AvgIpc) is 2.81. The van der Waals surface area contributed by atoms with Gasteiger partial charge in [-0.15, -0.1) is 0 Å². The molecule has 0 radical (unpaired) electrons. The number of benzene rings is 1. The lowest BCUT2D eigenvalue weighted by Crippen LogP contribution is -2.23. The Labute approximate surface area is 110 Å². The van der Waals surface area contributed by atoms with Gasteiger partial charge in [0.05, 0.1) is 11.0 Å². The number of fused-ring (bicyclic) bond motifs is 2. The third-order valence-electron chi connectivity index (χ3n) is 3.26. The molecule has 0 saturated carbocycles. The molecule has 18 heavy (non-hydrogen) atoms. The molecule has 0 saturated heterocycles. The van der Waals surface area contributed by atoms with Crippen LogP contribution in [0, 0.1) is 0 Å². The first-order valence-electron chi connectivity index (χ1n) is 6.96. The van der Waals surface area contributed by atoms with E-state index in [1.807, 2.05) is 13.8 Å². The highest BCUT2D eigenvalue weighted by Gasteiger charge is 2.12. The first-order chi connectivity index (χ1) is 8.74. The van der Waals surface area contributed by atoms with Gasteiger partial charge in [0.2, 0.25) is 0 Å². The van der Waals surface area contributed by atoms with Gasteiger partial charge in [0.15, 0.2) is 0 Å². The molecule has 2 aromatic rings. The maximum atomic E-state index is 4.64. The molecule has 2 heterocycles. The van der Waals surface area contributed by atoms with E-state index in [-0.39, 0.29) is 1.43 Å². The molecule has 2 N–H and O–H groups in total. The van der Waals surface area contributed by atoms with Gasteiger partial charge in [0.1, 0.15) is 5.82 Å². The molecule has 100 valence electrons. The van der Waals surface area contributed by atoms with Crippen molar-refractivity contribution in [3.63, 3.8) is 0 Å². The Morgan fingerprint density at radius 3 is 2.72 bits per heavy atom. The largest absolute Gasteiger partial charge is 0.342 e. The summed E-state index contributed by atoms with van der Waals surface area (Å²) >= 11 is 0. The fraction of sp³-hybridized carbons (Fsp3) is 0.533. The molecule has 0 unspecified atom stereocenters. The van der Waals surface area contributed by atoms with Crippen molar-refractivity contribution in [3.05, 3.63) is 29.1 Å². The topological polar surface area (TPSA) is 40.7 Å². The Morgan fingerprint density at radius 2 is 2.00 bits per heavy atom. The van der Waals surface area contributed by atoms with E-state index in [0.29, 0.717) is 5.92 Å². The van der Waals surface area contributed by atoms with Crippen LogP contribution in [0.15, 0.2) is 12.1 Å². The maximum Gasteiger partial charge on any atom is 0.109 e. The van der Waals surface area contributed by atoms with Crippen molar-refractivity contribution >= 4 is 11.0 Å². The van der Waals surface area contributed by atoms with Crippen molar-refractivity contribution in [2.75, 3.05) is 6.54 Å². The van der Waals surface area contributed by atoms with Crippen LogP contribution in [0.3, 0.4) is 0 Å². The molecule has 1 aromatic carbocycles. The lowest BCUT2D eigenvalue weighted by atomic mass is 10.0. The van der Waals surface area contributed by atoms with E-state index in [2.05, 4.69) is 41.3 Å². The second kappa shape index (κ2) is 5.53. The molecular weight excluding hydrogens is 222 g/mol. The molecule has 0 fully saturated rings. The summed E-state index contributed by atoms with van der Waals surface area (Å²) in [4.78, 5) is 8.05. The van der Waals surface area contributed by atoms with Crippen LogP contribution in [-0.2, 0) is 13.0 Å². The molecule has 0 bridgehead atoms. The minimum absolute atomic E-state index is 0. The highest BCUT2D eigenvalue weighted by molar-refractivity contribution is 5.77. The summed E-state index contributed by atoms with van der Waals surface area (Å²) in [6.07, 6.45) is 1.12. The summed E-state index contributed by atoms with van der Waals surface area (Å²) in [5, 5.41) is 3.40. The van der Waals surface area contributed by atoms with Gasteiger partial charge in [-0.3, -0.25) is 0 Å². The first kappa shape index (κ1) is 13.1. The molecular formula is C15H25N3. The quantitative estimate of drug-likeness (QED) is 0.808. The fourth-order valence-corrected chi connectivity index (χ4v) is 2.28. The molecule has 1 aromatic heterocycles. The predicted octanol–water partition coefficient (Wildman–Crippen LogP) is 3.60. The summed E-state index contributed by atoms with van der Waals surface area (Å²) in [7, 11) is 0. The first-order valence-corrected chi connectivity index (χ1v) is 6.96. The Balaban J connectivity index is 0.000000576. The summed E-state index contributed by atoms with van der Waals surface area (Å²) in [6, 6.07) is 4.49. The zero-order valence-corrected chi connectivity index (χ0v) is 11.8. The Kier molecular flexibility index (Phi) is 4.02. The highest BCUT2D eigenvalue weighted by atomic mass is 14.9. The third-order valence-corrected chi connectivity index (χ3v) is 3.26. The smallest absolute Gasteiger partial charge is 0.109 e. The van der Waals surface area contributed by atoms with Gasteiger partial charge in [-0.2, -0.15) is 0 Å². The molecule has 0 aliphatic carbocycles. The second-order valence-corrected chi connectivity index (χ2v) is 4.84. The number of hydrogen-bond acceptors (Lipinski definition) is 2. The molecule has 1 aliphatic rings. The molecule has 3 nitrogen and oxygen atoms in total. The van der Waals surface area contributed by atoms with Crippen molar-refractivity contribution in [2.24, 2.45) is 0 Å². The van der Waals surface area contributed by atoms with Gasteiger partial charge in [-0.25, -0.2) is 4.98 Å². The fourth-order valence-electron chi connectivity index (χ4n) is 2.28. The van der Waals surface area contributed by atoms with E-state index in [1.54, 1.807) is 0 Å². The monoisotopic (exact) mass is 247 g/mol. The van der Waals surface area contributed by atoms with E-state index in [0.717, 1.165) is 30.9 Å². The number of aromatic nitrogens is 2. The maximum absolute atomic E-state index is 4.64. The Bertz CT molecular complexity index is 488. The number of rotatable bonds is 1. The van der Waals surface area contributed by atoms with Gasteiger partial charge in [0.25, 0.3) is 0 Å². The average molecular weight is 247 g/mol. The summed E-state index contributed by atoms with van der Waals surface area (Å²) in [6.45, 7) is 10.4. The zero-order valence-electron chi connectivity index (χ0n) is 11.8. The molecule has 0 spiro atoms. The number of aromatic amines is 1. The second-order valence-electron chi connectivity index (χ2n) is 4.84. The van der Waals surface area contributed by atoms with Crippen LogP contribution in [0.1, 0.15) is 52.0 Å². The van der Waals surface area contributed by atoms with Crippen molar-refractivity contribution < 1.29 is 1.43 Å². The van der Waals surface area contributed by atoms with Gasteiger partial charge < -0.3 is 10.3 Å². The molecule has 1 aliphatic heterocycles. The number of nitrogens with one attached hydrogen (secondary N) is 2. The highest BCUT2D eigenvalue weighted by Crippen LogP contribution is 2.23. The lowest BCUT2D eigenvalue weighted by Gasteiger charge is -2.16. The van der Waals surface area contributed by atoms with Crippen LogP contribution in [0.4, 0.5) is 0 Å². The van der Waals surface area contributed by atoms with Crippen molar-refractivity contribution in [2.45, 2.75) is 46.6 Å². The van der Waals surface area contributed by atoms with Crippen LogP contribution in [0.25, 0.3) is 11.0 Å². The zero-order chi connectivity index (χ0) is 13.1. The molecule has 0 amide bonds. The van der Waals surface area contributed by atoms with E-state index < -0.39 is 0 Å². The standard InChI is InChI=1S/C13H17N3.C2H6.H2/c1-8(2)13-15-11-5-9-3-4-14-7-10(9)6-12(11)16-13;1-2;/h5-6,8,14H,3-4,7H2,1-2H3,(H,15,16);1-2H3;1H. The number of imidazole rings is 1. The van der Waals surface area contributed by atoms with E-state index in [1.165, 1.54) is 16.6 Å². The number of hydrogen-bond donors (Lipinski definition) is 2. The Hall–Kier alpha value is -1.35. The lowest BCUT2D eigenvalue weighted by molar-refractivity contribution is 0.645. The number of H-pyrrole nitrogens is 1. The summed E-state index contributed by atoms with van der Waals surface area (Å²) < 4.78 is 0. The molecule has 3 rings (SSSR count). The van der Waals surface area contributed by atoms with Crippen molar-refractivity contribution in [1.82, 2.24) is 15.3 Å². The third kappa shape index (κ3) is 2.41. The van der Waals surface area contributed by atoms with Gasteiger partial charge in [0, 0.05) is 13.9 Å². The normalized spacial score (nSPS) is 14.3. The number of nitrogens with zero attached hydrogens (tertiary/aromatic N) is 1. The Morgan fingerprint density at radius 1 is 1.22 bits per heavy atom. The minimum atomic E-state index is 0. The van der Waals surface area contributed by atoms with E-state index in [4.69, 9.17) is 0 Å². The predicted molar refractivity (Wildman–Crippen MR) is 79.1 cm³/mol. The van der Waals surface area contributed by atoms with Crippen LogP contribution in [-0.4, -0.2) is 16.5 Å². The van der Waals surface area contributed by atoms with Gasteiger partial charge >= 0.3 is 0 Å². The molecule has 0 atom stereocenters.